The molecular weight excluding hydrogens is 722 g/mol. The van der Waals surface area contributed by atoms with Crippen LogP contribution in [0.2, 0.25) is 5.02 Å². The van der Waals surface area contributed by atoms with Crippen molar-refractivity contribution in [3.8, 4) is 11.8 Å². The minimum absolute atomic E-state index is 0.0894. The number of carbonyl (C=O) groups excluding carboxylic acids is 4. The van der Waals surface area contributed by atoms with Gasteiger partial charge in [-0.25, -0.2) is 0 Å². The van der Waals surface area contributed by atoms with E-state index >= 15 is 0 Å². The fraction of sp³-hybridized carbons (Fsp3) is 0.475. The lowest BCUT2D eigenvalue weighted by Gasteiger charge is -2.39. The zero-order valence-corrected chi connectivity index (χ0v) is 31.3. The molecule has 2 N–H and O–H groups in total. The number of hydrogen-bond acceptors (Lipinski definition) is 11. The van der Waals surface area contributed by atoms with Crippen molar-refractivity contribution in [2.24, 2.45) is 11.8 Å². The van der Waals surface area contributed by atoms with Crippen LogP contribution in [0.15, 0.2) is 48.5 Å². The lowest BCUT2D eigenvalue weighted by Crippen LogP contribution is -2.52. The van der Waals surface area contributed by atoms with E-state index in [1.165, 1.54) is 0 Å². The van der Waals surface area contributed by atoms with Crippen LogP contribution in [-0.4, -0.2) is 102 Å². The van der Waals surface area contributed by atoms with E-state index < -0.39 is 6.04 Å². The highest BCUT2D eigenvalue weighted by Gasteiger charge is 2.39. The molecule has 5 heterocycles. The summed E-state index contributed by atoms with van der Waals surface area (Å²) in [5.41, 5.74) is 3.00. The molecule has 1 aromatic heterocycles. The van der Waals surface area contributed by atoms with Crippen LogP contribution in [0.5, 0.6) is 5.75 Å². The van der Waals surface area contributed by atoms with Crippen molar-refractivity contribution < 1.29 is 23.9 Å². The predicted octanol–water partition coefficient (Wildman–Crippen LogP) is 3.99. The Morgan fingerprint density at radius 2 is 1.75 bits per heavy atom. The molecule has 8 rings (SSSR count). The molecule has 1 saturated carbocycles. The largest absolute Gasteiger partial charge is 0.490 e. The summed E-state index contributed by atoms with van der Waals surface area (Å²) >= 11 is 6.14. The number of halogens is 1. The van der Waals surface area contributed by atoms with Gasteiger partial charge in [0.2, 0.25) is 17.7 Å². The van der Waals surface area contributed by atoms with Crippen LogP contribution in [0.4, 0.5) is 17.3 Å². The molecule has 15 heteroatoms. The zero-order chi connectivity index (χ0) is 38.1. The van der Waals surface area contributed by atoms with Crippen molar-refractivity contribution >= 4 is 52.6 Å². The number of nitrogens with one attached hydrogen (secondary N) is 2. The number of nitriles is 1. The summed E-state index contributed by atoms with van der Waals surface area (Å²) in [5.74, 6) is 1.35. The van der Waals surface area contributed by atoms with Gasteiger partial charge < -0.3 is 24.8 Å². The number of carbonyl (C=O) groups is 4. The summed E-state index contributed by atoms with van der Waals surface area (Å²) in [6.45, 7) is 6.90. The van der Waals surface area contributed by atoms with Crippen LogP contribution in [0.25, 0.3) is 0 Å². The number of ether oxygens (including phenoxy) is 1. The Labute approximate surface area is 324 Å². The van der Waals surface area contributed by atoms with Crippen LogP contribution < -0.4 is 25.2 Å². The lowest BCUT2D eigenvalue weighted by atomic mass is 9.96. The van der Waals surface area contributed by atoms with Crippen molar-refractivity contribution in [2.45, 2.75) is 63.6 Å². The highest BCUT2D eigenvalue weighted by Crippen LogP contribution is 2.33. The fourth-order valence-corrected chi connectivity index (χ4v) is 8.78. The van der Waals surface area contributed by atoms with Gasteiger partial charge >= 0.3 is 0 Å². The van der Waals surface area contributed by atoms with Gasteiger partial charge in [-0.15, -0.1) is 10.2 Å². The Hall–Kier alpha value is -5.26. The SMILES string of the molecule is N#Cc1ccc(O[C@@H]2CC[C@@H](C(=O)Nc3ccc(N4CCC(CN5CCN(c6ccc7c(c6)C(=O)N(C6CCC(=O)NC6=O)C7)CC5)CC4)nn3)C2)cc1Cl. The number of benzene rings is 2. The van der Waals surface area contributed by atoms with Crippen LogP contribution in [-0.2, 0) is 20.9 Å². The molecule has 4 aliphatic heterocycles. The van der Waals surface area contributed by atoms with Crippen LogP contribution in [0.1, 0.15) is 66.4 Å². The van der Waals surface area contributed by atoms with Crippen molar-refractivity contribution in [2.75, 3.05) is 60.9 Å². The number of nitrogens with zero attached hydrogens (tertiary/aromatic N) is 7. The quantitative estimate of drug-likeness (QED) is 0.303. The molecular formula is C40H44ClN9O5. The zero-order valence-electron chi connectivity index (χ0n) is 30.6. The number of aromatic nitrogens is 2. The first kappa shape index (κ1) is 36.7. The minimum atomic E-state index is -0.604. The molecule has 0 bridgehead atoms. The van der Waals surface area contributed by atoms with Crippen LogP contribution in [0, 0.1) is 23.2 Å². The first-order valence-corrected chi connectivity index (χ1v) is 19.6. The Balaban J connectivity index is 0.754. The van der Waals surface area contributed by atoms with E-state index in [-0.39, 0.29) is 42.1 Å². The molecule has 14 nitrogen and oxygen atoms in total. The highest BCUT2D eigenvalue weighted by atomic mass is 35.5. The molecule has 286 valence electrons. The van der Waals surface area contributed by atoms with Crippen molar-refractivity contribution in [3.63, 3.8) is 0 Å². The average Bonchev–Trinajstić information content (AvgIpc) is 3.80. The second kappa shape index (κ2) is 15.8. The van der Waals surface area contributed by atoms with Gasteiger partial charge in [0.25, 0.3) is 5.91 Å². The molecule has 3 aromatic rings. The summed E-state index contributed by atoms with van der Waals surface area (Å²) in [6.07, 6.45) is 4.69. The third-order valence-electron chi connectivity index (χ3n) is 11.7. The van der Waals surface area contributed by atoms with Crippen molar-refractivity contribution in [3.05, 3.63) is 70.2 Å². The molecule has 0 radical (unpaired) electrons. The van der Waals surface area contributed by atoms with Gasteiger partial charge in [-0.2, -0.15) is 5.26 Å². The van der Waals surface area contributed by atoms with Crippen LogP contribution in [0.3, 0.4) is 0 Å². The van der Waals surface area contributed by atoms with Crippen molar-refractivity contribution in [1.82, 2.24) is 25.3 Å². The normalized spacial score (nSPS) is 23.4. The first-order chi connectivity index (χ1) is 26.7. The number of fused-ring (bicyclic) bond motifs is 1. The number of piperazine rings is 1. The van der Waals surface area contributed by atoms with Gasteiger partial charge in [0.05, 0.1) is 16.7 Å². The monoisotopic (exact) mass is 765 g/mol. The smallest absolute Gasteiger partial charge is 0.255 e. The molecule has 1 aliphatic carbocycles. The molecule has 5 aliphatic rings. The molecule has 0 spiro atoms. The third kappa shape index (κ3) is 8.09. The molecule has 4 fully saturated rings. The maximum Gasteiger partial charge on any atom is 0.255 e. The number of anilines is 3. The van der Waals surface area contributed by atoms with Gasteiger partial charge in [-0.1, -0.05) is 17.7 Å². The topological polar surface area (TPSA) is 164 Å². The number of rotatable bonds is 9. The lowest BCUT2D eigenvalue weighted by molar-refractivity contribution is -0.137. The maximum atomic E-state index is 13.3. The summed E-state index contributed by atoms with van der Waals surface area (Å²) < 4.78 is 6.04. The summed E-state index contributed by atoms with van der Waals surface area (Å²) in [5, 5.41) is 23.5. The Morgan fingerprint density at radius 3 is 2.47 bits per heavy atom. The van der Waals surface area contributed by atoms with E-state index in [1.807, 2.05) is 30.3 Å². The number of hydrogen-bond donors (Lipinski definition) is 2. The van der Waals surface area contributed by atoms with E-state index in [9.17, 15) is 19.2 Å². The molecule has 2 aromatic carbocycles. The van der Waals surface area contributed by atoms with Gasteiger partial charge in [-0.3, -0.25) is 29.4 Å². The standard InChI is InChI=1S/C40H44ClN9O5/c41-33-21-31(6-3-27(33)22-42)55-30-5-2-26(19-30)38(52)43-35-8-9-36(46-45-35)49-13-11-25(12-14-49)23-47-15-17-48(18-16-47)29-4-1-28-24-50(40(54)32(28)20-29)34-7-10-37(51)44-39(34)53/h1,3-4,6,8-9,20-21,25-26,30,34H,2,5,7,10-19,23-24H2,(H,43,45,52)(H,44,51,53)/t26-,30-,34?/m1/s1. The van der Waals surface area contributed by atoms with E-state index in [2.05, 4.69) is 41.6 Å². The van der Waals surface area contributed by atoms with E-state index in [0.717, 1.165) is 82.1 Å². The minimum Gasteiger partial charge on any atom is -0.490 e. The number of amides is 4. The summed E-state index contributed by atoms with van der Waals surface area (Å²) in [6, 6.07) is 16.2. The molecule has 3 saturated heterocycles. The fourth-order valence-electron chi connectivity index (χ4n) is 8.56. The Kier molecular flexibility index (Phi) is 10.6. The van der Waals surface area contributed by atoms with Crippen molar-refractivity contribution in [1.29, 1.82) is 5.26 Å². The molecule has 55 heavy (non-hydrogen) atoms. The summed E-state index contributed by atoms with van der Waals surface area (Å²) in [7, 11) is 0. The second-order valence-electron chi connectivity index (χ2n) is 15.2. The summed E-state index contributed by atoms with van der Waals surface area (Å²) in [4.78, 5) is 59.1. The second-order valence-corrected chi connectivity index (χ2v) is 15.6. The Morgan fingerprint density at radius 1 is 0.927 bits per heavy atom. The number of imide groups is 1. The molecule has 3 atom stereocenters. The molecule has 1 unspecified atom stereocenters. The van der Waals surface area contributed by atoms with Gasteiger partial charge in [0, 0.05) is 82.0 Å². The number of piperidine rings is 2. The highest BCUT2D eigenvalue weighted by molar-refractivity contribution is 6.31. The third-order valence-corrected chi connectivity index (χ3v) is 12.0. The maximum absolute atomic E-state index is 13.3. The van der Waals surface area contributed by atoms with Gasteiger partial charge in [-0.05, 0) is 86.4 Å². The first-order valence-electron chi connectivity index (χ1n) is 19.2. The van der Waals surface area contributed by atoms with E-state index in [1.54, 1.807) is 23.1 Å². The average molecular weight is 766 g/mol. The molecule has 4 amide bonds. The van der Waals surface area contributed by atoms with E-state index in [0.29, 0.717) is 59.4 Å². The van der Waals surface area contributed by atoms with Crippen LogP contribution >= 0.6 is 11.6 Å². The van der Waals surface area contributed by atoms with Gasteiger partial charge in [0.15, 0.2) is 11.6 Å². The van der Waals surface area contributed by atoms with Gasteiger partial charge in [0.1, 0.15) is 17.9 Å². The predicted molar refractivity (Wildman–Crippen MR) is 205 cm³/mol. The van der Waals surface area contributed by atoms with E-state index in [4.69, 9.17) is 21.6 Å². The Bertz CT molecular complexity index is 2010.